The van der Waals surface area contributed by atoms with Gasteiger partial charge in [-0.2, -0.15) is 18.4 Å². The van der Waals surface area contributed by atoms with Crippen molar-refractivity contribution >= 4 is 11.6 Å². The molecule has 0 radical (unpaired) electrons. The Morgan fingerprint density at radius 2 is 2.00 bits per heavy atom. The van der Waals surface area contributed by atoms with Gasteiger partial charge in [0.25, 0.3) is 0 Å². The second kappa shape index (κ2) is 5.08. The summed E-state index contributed by atoms with van der Waals surface area (Å²) in [6, 6.07) is 4.27. The summed E-state index contributed by atoms with van der Waals surface area (Å²) < 4.78 is 37.3. The molecule has 0 bridgehead atoms. The number of carbonyl (C=O) groups excluding carboxylic acids is 1. The van der Waals surface area contributed by atoms with Gasteiger partial charge in [-0.15, -0.1) is 0 Å². The second-order valence-corrected chi connectivity index (χ2v) is 4.01. The minimum atomic E-state index is -4.51. The normalized spacial score (nSPS) is 11.2. The van der Waals surface area contributed by atoms with Gasteiger partial charge in [0, 0.05) is 5.92 Å². The van der Waals surface area contributed by atoms with E-state index in [4.69, 9.17) is 5.26 Å². The van der Waals surface area contributed by atoms with E-state index in [1.807, 2.05) is 0 Å². The largest absolute Gasteiger partial charge is 0.416 e. The SMILES string of the molecule is CC(C)C(=O)Nc1ccc(C(F)(F)F)cc1C#N. The Hall–Kier alpha value is -2.03. The van der Waals surface area contributed by atoms with Crippen molar-refractivity contribution in [1.82, 2.24) is 0 Å². The lowest BCUT2D eigenvalue weighted by molar-refractivity contribution is -0.137. The molecule has 1 rings (SSSR count). The fraction of sp³-hybridized carbons (Fsp3) is 0.333. The zero-order chi connectivity index (χ0) is 13.9. The van der Waals surface area contributed by atoms with Crippen LogP contribution in [0.4, 0.5) is 18.9 Å². The van der Waals surface area contributed by atoms with Gasteiger partial charge in [-0.05, 0) is 18.2 Å². The van der Waals surface area contributed by atoms with Crippen molar-refractivity contribution in [3.8, 4) is 6.07 Å². The number of hydrogen-bond acceptors (Lipinski definition) is 2. The van der Waals surface area contributed by atoms with Crippen molar-refractivity contribution in [3.63, 3.8) is 0 Å². The molecule has 0 saturated carbocycles. The highest BCUT2D eigenvalue weighted by Gasteiger charge is 2.31. The monoisotopic (exact) mass is 256 g/mol. The Morgan fingerprint density at radius 1 is 1.39 bits per heavy atom. The van der Waals surface area contributed by atoms with Crippen LogP contribution in [0.3, 0.4) is 0 Å². The molecule has 1 amide bonds. The Kier molecular flexibility index (Phi) is 3.96. The van der Waals surface area contributed by atoms with Crippen LogP contribution in [-0.2, 0) is 11.0 Å². The third kappa shape index (κ3) is 3.23. The van der Waals surface area contributed by atoms with Crippen LogP contribution in [0.5, 0.6) is 0 Å². The summed E-state index contributed by atoms with van der Waals surface area (Å²) in [5, 5.41) is 11.2. The number of halogens is 3. The molecule has 0 spiro atoms. The molecular formula is C12H11F3N2O. The number of alkyl halides is 3. The summed E-state index contributed by atoms with van der Waals surface area (Å²) >= 11 is 0. The summed E-state index contributed by atoms with van der Waals surface area (Å²) in [7, 11) is 0. The van der Waals surface area contributed by atoms with Crippen LogP contribution in [-0.4, -0.2) is 5.91 Å². The summed E-state index contributed by atoms with van der Waals surface area (Å²) in [5.41, 5.74) is -1.04. The van der Waals surface area contributed by atoms with Crippen molar-refractivity contribution < 1.29 is 18.0 Å². The van der Waals surface area contributed by atoms with Gasteiger partial charge in [0.15, 0.2) is 0 Å². The first-order chi connectivity index (χ1) is 8.25. The Bertz CT molecular complexity index is 501. The van der Waals surface area contributed by atoms with Gasteiger partial charge in [-0.3, -0.25) is 4.79 Å². The van der Waals surface area contributed by atoms with Gasteiger partial charge >= 0.3 is 6.18 Å². The van der Waals surface area contributed by atoms with E-state index in [0.29, 0.717) is 0 Å². The lowest BCUT2D eigenvalue weighted by atomic mass is 10.1. The van der Waals surface area contributed by atoms with Crippen molar-refractivity contribution in [3.05, 3.63) is 29.3 Å². The molecule has 1 N–H and O–H groups in total. The average molecular weight is 256 g/mol. The Labute approximate surface area is 102 Å². The minimum Gasteiger partial charge on any atom is -0.325 e. The minimum absolute atomic E-state index is 0.0872. The molecule has 0 aliphatic rings. The molecule has 0 unspecified atom stereocenters. The predicted octanol–water partition coefficient (Wildman–Crippen LogP) is 3.17. The molecule has 0 fully saturated rings. The molecule has 6 heteroatoms. The fourth-order valence-electron chi connectivity index (χ4n) is 1.20. The average Bonchev–Trinajstić information content (AvgIpc) is 2.27. The molecule has 0 saturated heterocycles. The number of anilines is 1. The van der Waals surface area contributed by atoms with Gasteiger partial charge in [-0.1, -0.05) is 13.8 Å². The zero-order valence-electron chi connectivity index (χ0n) is 9.80. The first kappa shape index (κ1) is 14.0. The molecule has 18 heavy (non-hydrogen) atoms. The Balaban J connectivity index is 3.10. The van der Waals surface area contributed by atoms with E-state index < -0.39 is 11.7 Å². The van der Waals surface area contributed by atoms with E-state index in [1.54, 1.807) is 19.9 Å². The van der Waals surface area contributed by atoms with Crippen molar-refractivity contribution in [2.24, 2.45) is 5.92 Å². The van der Waals surface area contributed by atoms with E-state index in [-0.39, 0.29) is 23.1 Å². The second-order valence-electron chi connectivity index (χ2n) is 4.01. The van der Waals surface area contributed by atoms with E-state index in [1.165, 1.54) is 0 Å². The fourth-order valence-corrected chi connectivity index (χ4v) is 1.20. The number of amides is 1. The lowest BCUT2D eigenvalue weighted by Crippen LogP contribution is -2.18. The van der Waals surface area contributed by atoms with Crippen molar-refractivity contribution in [2.45, 2.75) is 20.0 Å². The van der Waals surface area contributed by atoms with Crippen LogP contribution in [0.1, 0.15) is 25.0 Å². The quantitative estimate of drug-likeness (QED) is 0.883. The van der Waals surface area contributed by atoms with Crippen molar-refractivity contribution in [1.29, 1.82) is 5.26 Å². The summed E-state index contributed by atoms with van der Waals surface area (Å²) in [5.74, 6) is -0.676. The highest BCUT2D eigenvalue weighted by molar-refractivity contribution is 5.93. The zero-order valence-corrected chi connectivity index (χ0v) is 9.80. The van der Waals surface area contributed by atoms with Gasteiger partial charge in [0.2, 0.25) is 5.91 Å². The molecule has 1 aromatic carbocycles. The van der Waals surface area contributed by atoms with Gasteiger partial charge in [-0.25, -0.2) is 0 Å². The molecule has 0 aliphatic carbocycles. The molecule has 0 aromatic heterocycles. The maximum atomic E-state index is 12.4. The van der Waals surface area contributed by atoms with Crippen molar-refractivity contribution in [2.75, 3.05) is 5.32 Å². The highest BCUT2D eigenvalue weighted by Crippen LogP contribution is 2.31. The number of nitriles is 1. The number of hydrogen-bond donors (Lipinski definition) is 1. The number of nitrogens with zero attached hydrogens (tertiary/aromatic N) is 1. The van der Waals surface area contributed by atoms with Crippen LogP contribution in [0.25, 0.3) is 0 Å². The number of rotatable bonds is 2. The molecule has 3 nitrogen and oxygen atoms in total. The number of carbonyl (C=O) groups is 1. The molecular weight excluding hydrogens is 245 g/mol. The van der Waals surface area contributed by atoms with Gasteiger partial charge in [0.1, 0.15) is 6.07 Å². The third-order valence-corrected chi connectivity index (χ3v) is 2.25. The topological polar surface area (TPSA) is 52.9 Å². The summed E-state index contributed by atoms with van der Waals surface area (Å²) in [4.78, 5) is 11.4. The molecule has 96 valence electrons. The predicted molar refractivity (Wildman–Crippen MR) is 59.6 cm³/mol. The van der Waals surface area contributed by atoms with Gasteiger partial charge < -0.3 is 5.32 Å². The van der Waals surface area contributed by atoms with Crippen LogP contribution in [0.2, 0.25) is 0 Å². The van der Waals surface area contributed by atoms with Crippen LogP contribution >= 0.6 is 0 Å². The molecule has 0 aliphatic heterocycles. The smallest absolute Gasteiger partial charge is 0.325 e. The number of benzene rings is 1. The number of nitrogens with one attached hydrogen (secondary N) is 1. The maximum absolute atomic E-state index is 12.4. The van der Waals surface area contributed by atoms with Crippen LogP contribution in [0, 0.1) is 17.2 Å². The maximum Gasteiger partial charge on any atom is 0.416 e. The van der Waals surface area contributed by atoms with Crippen LogP contribution < -0.4 is 5.32 Å². The highest BCUT2D eigenvalue weighted by atomic mass is 19.4. The van der Waals surface area contributed by atoms with Crippen LogP contribution in [0.15, 0.2) is 18.2 Å². The standard InChI is InChI=1S/C12H11F3N2O/c1-7(2)11(18)17-10-4-3-9(12(13,14)15)5-8(10)6-16/h3-5,7H,1-2H3,(H,17,18). The van der Waals surface area contributed by atoms with Gasteiger partial charge in [0.05, 0.1) is 16.8 Å². The summed E-state index contributed by atoms with van der Waals surface area (Å²) in [6.45, 7) is 3.29. The lowest BCUT2D eigenvalue weighted by Gasteiger charge is -2.12. The summed E-state index contributed by atoms with van der Waals surface area (Å²) in [6.07, 6.45) is -4.51. The van der Waals surface area contributed by atoms with E-state index in [9.17, 15) is 18.0 Å². The van der Waals surface area contributed by atoms with E-state index in [2.05, 4.69) is 5.32 Å². The molecule has 0 heterocycles. The molecule has 0 atom stereocenters. The third-order valence-electron chi connectivity index (χ3n) is 2.25. The molecule has 1 aromatic rings. The van der Waals surface area contributed by atoms with E-state index >= 15 is 0 Å². The Morgan fingerprint density at radius 3 is 2.44 bits per heavy atom. The first-order valence-electron chi connectivity index (χ1n) is 5.18. The van der Waals surface area contributed by atoms with E-state index in [0.717, 1.165) is 18.2 Å². The first-order valence-corrected chi connectivity index (χ1v) is 5.18.